The van der Waals surface area contributed by atoms with E-state index < -0.39 is 23.3 Å². The minimum absolute atomic E-state index is 0.525. The summed E-state index contributed by atoms with van der Waals surface area (Å²) in [7, 11) is 0. The van der Waals surface area contributed by atoms with Crippen LogP contribution in [0.15, 0.2) is 164 Å². The van der Waals surface area contributed by atoms with Crippen LogP contribution in [0.25, 0.3) is 65.8 Å². The van der Waals surface area contributed by atoms with Crippen LogP contribution >= 0.6 is 0 Å². The molecular weight excluding hydrogens is 671 g/mol. The van der Waals surface area contributed by atoms with E-state index in [4.69, 9.17) is 0 Å². The Morgan fingerprint density at radius 3 is 1.28 bits per heavy atom. The third-order valence-corrected chi connectivity index (χ3v) is 10.1. The Labute approximate surface area is 300 Å². The number of hydrogen-bond donors (Lipinski definition) is 0. The molecule has 8 aromatic carbocycles. The smallest absolute Gasteiger partial charge is 0.160 e. The second kappa shape index (κ2) is 11.9. The van der Waals surface area contributed by atoms with Gasteiger partial charge in [-0.1, -0.05) is 66.7 Å². The van der Waals surface area contributed by atoms with Gasteiger partial charge in [-0.2, -0.15) is 0 Å². The monoisotopic (exact) mass is 697 g/mol. The van der Waals surface area contributed by atoms with Crippen molar-refractivity contribution in [3.8, 4) is 11.4 Å². The van der Waals surface area contributed by atoms with Crippen LogP contribution in [0.4, 0.5) is 34.6 Å². The summed E-state index contributed by atoms with van der Waals surface area (Å²) in [4.78, 5) is 2.21. The van der Waals surface area contributed by atoms with E-state index >= 15 is 0 Å². The molecule has 254 valence electrons. The summed E-state index contributed by atoms with van der Waals surface area (Å²) in [5, 5.41) is 6.04. The zero-order chi connectivity index (χ0) is 35.8. The molecule has 2 aromatic heterocycles. The number of nitrogens with zero attached hydrogens (tertiary/aromatic N) is 3. The second-order valence-corrected chi connectivity index (χ2v) is 13.2. The normalized spacial score (nSPS) is 11.8. The molecule has 0 radical (unpaired) electrons. The van der Waals surface area contributed by atoms with E-state index in [0.29, 0.717) is 11.4 Å². The van der Waals surface area contributed by atoms with Crippen molar-refractivity contribution in [3.63, 3.8) is 0 Å². The van der Waals surface area contributed by atoms with Crippen LogP contribution in [-0.4, -0.2) is 9.13 Å². The molecule has 0 unspecified atom stereocenters. The first-order valence-corrected chi connectivity index (χ1v) is 17.2. The first kappa shape index (κ1) is 30.9. The Bertz CT molecular complexity index is 2920. The summed E-state index contributed by atoms with van der Waals surface area (Å²) in [5.41, 5.74) is 7.22. The van der Waals surface area contributed by atoms with Gasteiger partial charge in [0.05, 0.1) is 22.1 Å². The van der Waals surface area contributed by atoms with Crippen LogP contribution in [-0.2, 0) is 0 Å². The standard InChI is InChI=1S/C46H27F4N3/c47-39-19-15-33(26-41(39)49)52-43-11-5-3-9-35(43)37-24-31(17-21-45(37)52)51(30-14-13-28-7-1-2-8-29(28)23-30)32-18-22-46-38(25-32)36-10-4-6-12-44(36)53(46)34-16-20-40(48)42(50)27-34/h1-27H. The average Bonchev–Trinajstić information content (AvgIpc) is 3.69. The molecular formula is C46H27F4N3. The van der Waals surface area contributed by atoms with Gasteiger partial charge in [-0.15, -0.1) is 0 Å². The van der Waals surface area contributed by atoms with Crippen molar-refractivity contribution in [3.05, 3.63) is 187 Å². The highest BCUT2D eigenvalue weighted by Crippen LogP contribution is 2.43. The molecule has 10 rings (SSSR count). The highest BCUT2D eigenvalue weighted by atomic mass is 19.2. The number of fused-ring (bicyclic) bond motifs is 7. The predicted octanol–water partition coefficient (Wildman–Crippen LogP) is 13.1. The third kappa shape index (κ3) is 4.88. The van der Waals surface area contributed by atoms with Gasteiger partial charge in [0, 0.05) is 62.1 Å². The van der Waals surface area contributed by atoms with Crippen LogP contribution < -0.4 is 4.90 Å². The number of para-hydroxylation sites is 2. The molecule has 0 aliphatic rings. The van der Waals surface area contributed by atoms with Crippen LogP contribution in [0, 0.1) is 23.3 Å². The van der Waals surface area contributed by atoms with Crippen molar-refractivity contribution in [1.29, 1.82) is 0 Å². The van der Waals surface area contributed by atoms with E-state index in [0.717, 1.165) is 83.6 Å². The molecule has 0 amide bonds. The van der Waals surface area contributed by atoms with Gasteiger partial charge >= 0.3 is 0 Å². The van der Waals surface area contributed by atoms with Crippen molar-refractivity contribution in [2.24, 2.45) is 0 Å². The number of anilines is 3. The van der Waals surface area contributed by atoms with Crippen molar-refractivity contribution in [1.82, 2.24) is 9.13 Å². The van der Waals surface area contributed by atoms with Crippen LogP contribution in [0.3, 0.4) is 0 Å². The molecule has 10 aromatic rings. The lowest BCUT2D eigenvalue weighted by molar-refractivity contribution is 0.508. The molecule has 3 nitrogen and oxygen atoms in total. The van der Waals surface area contributed by atoms with Crippen molar-refractivity contribution < 1.29 is 17.6 Å². The van der Waals surface area contributed by atoms with E-state index in [1.54, 1.807) is 12.1 Å². The highest BCUT2D eigenvalue weighted by molar-refractivity contribution is 6.12. The summed E-state index contributed by atoms with van der Waals surface area (Å²) in [6, 6.07) is 50.8. The zero-order valence-electron chi connectivity index (χ0n) is 27.9. The third-order valence-electron chi connectivity index (χ3n) is 10.1. The Kier molecular flexibility index (Phi) is 6.92. The summed E-state index contributed by atoms with van der Waals surface area (Å²) in [6.07, 6.45) is 0. The number of benzene rings is 8. The van der Waals surface area contributed by atoms with Crippen LogP contribution in [0.2, 0.25) is 0 Å². The van der Waals surface area contributed by atoms with Gasteiger partial charge in [0.15, 0.2) is 23.3 Å². The zero-order valence-corrected chi connectivity index (χ0v) is 27.9. The summed E-state index contributed by atoms with van der Waals surface area (Å²) < 4.78 is 61.0. The largest absolute Gasteiger partial charge is 0.310 e. The van der Waals surface area contributed by atoms with Gasteiger partial charge in [-0.05, 0) is 95.7 Å². The molecule has 0 atom stereocenters. The average molecular weight is 698 g/mol. The first-order valence-electron chi connectivity index (χ1n) is 17.2. The van der Waals surface area contributed by atoms with Crippen LogP contribution in [0.5, 0.6) is 0 Å². The molecule has 7 heteroatoms. The number of rotatable bonds is 5. The number of halogens is 4. The van der Waals surface area contributed by atoms with Gasteiger partial charge in [0.25, 0.3) is 0 Å². The molecule has 0 bridgehead atoms. The lowest BCUT2D eigenvalue weighted by atomic mass is 10.1. The quantitative estimate of drug-likeness (QED) is 0.163. The lowest BCUT2D eigenvalue weighted by Gasteiger charge is -2.26. The van der Waals surface area contributed by atoms with Crippen molar-refractivity contribution in [2.75, 3.05) is 4.90 Å². The van der Waals surface area contributed by atoms with Crippen molar-refractivity contribution >= 4 is 71.4 Å². The SMILES string of the molecule is Fc1ccc(-n2c3ccccc3c3cc(N(c4ccc5ccccc5c4)c4ccc5c(c4)c4ccccc4n5-c4ccc(F)c(F)c4)ccc32)cc1F. The Hall–Kier alpha value is -6.86. The van der Waals surface area contributed by atoms with Gasteiger partial charge in [0.2, 0.25) is 0 Å². The maximum Gasteiger partial charge on any atom is 0.160 e. The van der Waals surface area contributed by atoms with Crippen LogP contribution in [0.1, 0.15) is 0 Å². The maximum atomic E-state index is 14.5. The summed E-state index contributed by atoms with van der Waals surface area (Å²) in [6.45, 7) is 0. The Morgan fingerprint density at radius 1 is 0.321 bits per heavy atom. The molecule has 0 saturated carbocycles. The predicted molar refractivity (Wildman–Crippen MR) is 207 cm³/mol. The fraction of sp³-hybridized carbons (Fsp3) is 0. The summed E-state index contributed by atoms with van der Waals surface area (Å²) in [5.74, 6) is -3.61. The van der Waals surface area contributed by atoms with Gasteiger partial charge in [0.1, 0.15) is 0 Å². The Balaban J connectivity index is 1.22. The lowest BCUT2D eigenvalue weighted by Crippen LogP contribution is -2.10. The molecule has 0 spiro atoms. The highest BCUT2D eigenvalue weighted by Gasteiger charge is 2.21. The fourth-order valence-corrected chi connectivity index (χ4v) is 7.77. The topological polar surface area (TPSA) is 13.1 Å². The fourth-order valence-electron chi connectivity index (χ4n) is 7.77. The number of aromatic nitrogens is 2. The van der Waals surface area contributed by atoms with Gasteiger partial charge in [-0.3, -0.25) is 0 Å². The van der Waals surface area contributed by atoms with E-state index in [2.05, 4.69) is 47.4 Å². The molecule has 0 saturated heterocycles. The minimum atomic E-state index is -0.908. The molecule has 0 fully saturated rings. The molecule has 0 aliphatic carbocycles. The maximum absolute atomic E-state index is 14.5. The Morgan fingerprint density at radius 2 is 0.755 bits per heavy atom. The second-order valence-electron chi connectivity index (χ2n) is 13.2. The van der Waals surface area contributed by atoms with E-state index in [1.165, 1.54) is 12.1 Å². The van der Waals surface area contributed by atoms with Gasteiger partial charge < -0.3 is 14.0 Å². The molecule has 0 aliphatic heterocycles. The van der Waals surface area contributed by atoms with E-state index in [-0.39, 0.29) is 0 Å². The van der Waals surface area contributed by atoms with Gasteiger partial charge in [-0.25, -0.2) is 17.6 Å². The van der Waals surface area contributed by atoms with Crippen molar-refractivity contribution in [2.45, 2.75) is 0 Å². The molecule has 0 N–H and O–H groups in total. The minimum Gasteiger partial charge on any atom is -0.310 e. The van der Waals surface area contributed by atoms with E-state index in [9.17, 15) is 17.6 Å². The summed E-state index contributed by atoms with van der Waals surface area (Å²) >= 11 is 0. The molecule has 2 heterocycles. The number of hydrogen-bond acceptors (Lipinski definition) is 1. The first-order chi connectivity index (χ1) is 25.9. The van der Waals surface area contributed by atoms with E-state index in [1.807, 2.05) is 94.1 Å². The molecule has 53 heavy (non-hydrogen) atoms.